The summed E-state index contributed by atoms with van der Waals surface area (Å²) < 4.78 is 6.68. The Hall–Kier alpha value is -2.13. The summed E-state index contributed by atoms with van der Waals surface area (Å²) in [7, 11) is 1.62. The van der Waals surface area contributed by atoms with Gasteiger partial charge in [0, 0.05) is 30.6 Å². The Bertz CT molecular complexity index is 1090. The third-order valence-electron chi connectivity index (χ3n) is 6.99. The zero-order valence-corrected chi connectivity index (χ0v) is 21.8. The maximum Gasteiger partial charge on any atom is 0.303 e. The average molecular weight is 515 g/mol. The molecule has 2 aromatic heterocycles. The number of ether oxygens (including phenoxy) is 1. The van der Waals surface area contributed by atoms with Crippen LogP contribution in [0.5, 0.6) is 5.75 Å². The molecular weight excluding hydrogens is 480 g/mol. The van der Waals surface area contributed by atoms with Crippen LogP contribution in [-0.2, 0) is 4.79 Å². The third-order valence-corrected chi connectivity index (χ3v) is 9.10. The number of thioether (sulfide) groups is 1. The van der Waals surface area contributed by atoms with Gasteiger partial charge in [0.2, 0.25) is 0 Å². The number of rotatable bonds is 12. The first-order valence-corrected chi connectivity index (χ1v) is 14.1. The summed E-state index contributed by atoms with van der Waals surface area (Å²) in [5, 5.41) is 23.4. The van der Waals surface area contributed by atoms with Crippen molar-refractivity contribution in [1.82, 2.24) is 9.88 Å². The van der Waals surface area contributed by atoms with Crippen LogP contribution in [0.3, 0.4) is 0 Å². The van der Waals surface area contributed by atoms with E-state index >= 15 is 0 Å². The molecule has 0 bridgehead atoms. The van der Waals surface area contributed by atoms with E-state index in [2.05, 4.69) is 27.4 Å². The Kier molecular flexibility index (Phi) is 9.43. The average Bonchev–Trinajstić information content (AvgIpc) is 3.39. The number of aliphatic hydroxyl groups excluding tert-OH is 1. The molecule has 3 heterocycles. The van der Waals surface area contributed by atoms with Crippen molar-refractivity contribution in [2.75, 3.05) is 32.5 Å². The van der Waals surface area contributed by atoms with Crippen molar-refractivity contribution in [3.63, 3.8) is 0 Å². The third kappa shape index (κ3) is 7.19. The van der Waals surface area contributed by atoms with Crippen molar-refractivity contribution in [3.8, 4) is 5.75 Å². The van der Waals surface area contributed by atoms with E-state index < -0.39 is 12.1 Å². The van der Waals surface area contributed by atoms with Crippen molar-refractivity contribution in [2.24, 2.45) is 11.8 Å². The Morgan fingerprint density at radius 3 is 2.94 bits per heavy atom. The normalized spacial score (nSPS) is 19.6. The fourth-order valence-electron chi connectivity index (χ4n) is 5.08. The number of methoxy groups -OCH3 is 1. The lowest BCUT2D eigenvalue weighted by Crippen LogP contribution is -2.41. The zero-order valence-electron chi connectivity index (χ0n) is 20.1. The molecule has 1 saturated heterocycles. The molecule has 1 fully saturated rings. The summed E-state index contributed by atoms with van der Waals surface area (Å²) in [4.78, 5) is 18.2. The number of likely N-dealkylation sites (tertiary alicyclic amines) is 1. The first kappa shape index (κ1) is 25.9. The number of aromatic nitrogens is 1. The van der Waals surface area contributed by atoms with Crippen molar-refractivity contribution < 1.29 is 19.7 Å². The monoisotopic (exact) mass is 514 g/mol. The van der Waals surface area contributed by atoms with Crippen LogP contribution in [-0.4, -0.2) is 58.6 Å². The number of piperidine rings is 1. The first-order valence-electron chi connectivity index (χ1n) is 12.2. The highest BCUT2D eigenvalue weighted by Gasteiger charge is 2.30. The number of benzene rings is 1. The molecular formula is C27H34N2O4S2. The number of nitrogens with zero attached hydrogens (tertiary/aromatic N) is 2. The molecule has 1 aromatic carbocycles. The van der Waals surface area contributed by atoms with Gasteiger partial charge in [-0.2, -0.15) is 0 Å². The SMILES string of the molecule is COc1cnc2cccc(C(O)CC[C@@H]3CCN(CCSc4cccs4)C[C@@H]3CCC(=O)O)c2c1. The van der Waals surface area contributed by atoms with E-state index in [4.69, 9.17) is 4.74 Å². The van der Waals surface area contributed by atoms with Gasteiger partial charge >= 0.3 is 5.97 Å². The summed E-state index contributed by atoms with van der Waals surface area (Å²) in [5.41, 5.74) is 1.72. The molecule has 3 aromatic rings. The highest BCUT2D eigenvalue weighted by molar-refractivity contribution is 8.01. The number of carboxylic acids is 1. The van der Waals surface area contributed by atoms with Gasteiger partial charge < -0.3 is 19.8 Å². The van der Waals surface area contributed by atoms with Gasteiger partial charge in [-0.25, -0.2) is 0 Å². The summed E-state index contributed by atoms with van der Waals surface area (Å²) in [6.45, 7) is 2.99. The fraction of sp³-hybridized carbons (Fsp3) is 0.481. The van der Waals surface area contributed by atoms with Crippen LogP contribution in [0.2, 0.25) is 0 Å². The molecule has 0 amide bonds. The van der Waals surface area contributed by atoms with Crippen LogP contribution in [0, 0.1) is 11.8 Å². The van der Waals surface area contributed by atoms with Crippen LogP contribution < -0.4 is 4.74 Å². The topological polar surface area (TPSA) is 82.9 Å². The second-order valence-electron chi connectivity index (χ2n) is 9.20. The number of fused-ring (bicyclic) bond motifs is 1. The number of hydrogen-bond acceptors (Lipinski definition) is 7. The van der Waals surface area contributed by atoms with Gasteiger partial charge in [0.25, 0.3) is 0 Å². The molecule has 1 unspecified atom stereocenters. The smallest absolute Gasteiger partial charge is 0.303 e. The van der Waals surface area contributed by atoms with Crippen LogP contribution in [0.4, 0.5) is 0 Å². The second kappa shape index (κ2) is 12.7. The van der Waals surface area contributed by atoms with Crippen molar-refractivity contribution in [3.05, 3.63) is 53.5 Å². The largest absolute Gasteiger partial charge is 0.495 e. The predicted molar refractivity (Wildman–Crippen MR) is 142 cm³/mol. The zero-order chi connectivity index (χ0) is 24.6. The van der Waals surface area contributed by atoms with Gasteiger partial charge in [0.15, 0.2) is 0 Å². The number of carboxylic acid groups (broad SMARTS) is 1. The Morgan fingerprint density at radius 2 is 2.17 bits per heavy atom. The van der Waals surface area contributed by atoms with Gasteiger partial charge in [0.1, 0.15) is 5.75 Å². The van der Waals surface area contributed by atoms with Crippen LogP contribution in [0.25, 0.3) is 10.9 Å². The minimum absolute atomic E-state index is 0.205. The van der Waals surface area contributed by atoms with Crippen molar-refractivity contribution in [2.45, 2.75) is 42.4 Å². The van der Waals surface area contributed by atoms with E-state index in [1.807, 2.05) is 36.0 Å². The number of aliphatic hydroxyl groups is 1. The number of hydrogen-bond donors (Lipinski definition) is 2. The molecule has 35 heavy (non-hydrogen) atoms. The molecule has 0 saturated carbocycles. The summed E-state index contributed by atoms with van der Waals surface area (Å²) >= 11 is 3.67. The number of thiophene rings is 1. The van der Waals surface area contributed by atoms with E-state index in [0.717, 1.165) is 54.7 Å². The van der Waals surface area contributed by atoms with Crippen LogP contribution in [0.15, 0.2) is 52.2 Å². The van der Waals surface area contributed by atoms with Crippen molar-refractivity contribution in [1.29, 1.82) is 0 Å². The Labute approximate surface area is 215 Å². The molecule has 0 aliphatic carbocycles. The summed E-state index contributed by atoms with van der Waals surface area (Å²) in [6.07, 6.45) is 4.59. The molecule has 1 aliphatic heterocycles. The van der Waals surface area contributed by atoms with E-state index in [1.165, 1.54) is 4.21 Å². The molecule has 0 spiro atoms. The molecule has 3 atom stereocenters. The van der Waals surface area contributed by atoms with Gasteiger partial charge in [0.05, 0.1) is 29.1 Å². The fourth-order valence-corrected chi connectivity index (χ4v) is 6.94. The molecule has 6 nitrogen and oxygen atoms in total. The molecule has 8 heteroatoms. The summed E-state index contributed by atoms with van der Waals surface area (Å²) in [6, 6.07) is 12.0. The standard InChI is InChI=1S/C27H34N2O4S2/c1-33-21-16-23-22(4-2-5-24(23)28-17-21)25(30)9-7-19-11-12-29(18-20(19)8-10-26(31)32)13-15-35-27-6-3-14-34-27/h2-6,14,16-17,19-20,25,30H,7-13,15,18H2,1H3,(H,31,32)/t19-,20+,25?/m1/s1. The number of pyridine rings is 1. The van der Waals surface area contributed by atoms with Gasteiger partial charge in [-0.3, -0.25) is 9.78 Å². The lowest BCUT2D eigenvalue weighted by atomic mass is 9.79. The van der Waals surface area contributed by atoms with Crippen molar-refractivity contribution >= 4 is 40.0 Å². The minimum Gasteiger partial charge on any atom is -0.495 e. The predicted octanol–water partition coefficient (Wildman–Crippen LogP) is 5.71. The van der Waals surface area contributed by atoms with E-state index in [-0.39, 0.29) is 6.42 Å². The lowest BCUT2D eigenvalue weighted by molar-refractivity contribution is -0.137. The van der Waals surface area contributed by atoms with Gasteiger partial charge in [-0.05, 0) is 73.2 Å². The highest BCUT2D eigenvalue weighted by atomic mass is 32.2. The van der Waals surface area contributed by atoms with Gasteiger partial charge in [-0.15, -0.1) is 23.1 Å². The number of aliphatic carboxylic acids is 1. The van der Waals surface area contributed by atoms with Crippen LogP contribution >= 0.6 is 23.1 Å². The molecule has 0 radical (unpaired) electrons. The van der Waals surface area contributed by atoms with Gasteiger partial charge in [-0.1, -0.05) is 18.2 Å². The second-order valence-corrected chi connectivity index (χ2v) is 11.5. The van der Waals surface area contributed by atoms with E-state index in [0.29, 0.717) is 30.4 Å². The quantitative estimate of drug-likeness (QED) is 0.299. The van der Waals surface area contributed by atoms with E-state index in [1.54, 1.807) is 24.6 Å². The molecule has 1 aliphatic rings. The lowest BCUT2D eigenvalue weighted by Gasteiger charge is -2.39. The Balaban J connectivity index is 1.36. The molecule has 2 N–H and O–H groups in total. The summed E-state index contributed by atoms with van der Waals surface area (Å²) in [5.74, 6) is 1.76. The highest BCUT2D eigenvalue weighted by Crippen LogP contribution is 2.35. The first-order chi connectivity index (χ1) is 17.0. The minimum atomic E-state index is -0.730. The Morgan fingerprint density at radius 1 is 1.29 bits per heavy atom. The van der Waals surface area contributed by atoms with E-state index in [9.17, 15) is 15.0 Å². The maximum absolute atomic E-state index is 11.3. The molecule has 4 rings (SSSR count). The number of carbonyl (C=O) groups is 1. The maximum atomic E-state index is 11.3. The molecule has 188 valence electrons. The van der Waals surface area contributed by atoms with Crippen LogP contribution in [0.1, 0.15) is 43.8 Å².